The average molecular weight is 241 g/mol. The molecule has 0 N–H and O–H groups in total. The molecular formula is C14H27NO2. The standard InChI is InChI=1S/C14H27NO2/c1-3-5-11-17-14(16)12-15-9-6-7-13(4-2)8-10-15/h13H,3-12H2,1-2H3. The molecule has 1 aliphatic rings. The lowest BCUT2D eigenvalue weighted by molar-refractivity contribution is -0.145. The molecule has 0 aromatic rings. The summed E-state index contributed by atoms with van der Waals surface area (Å²) < 4.78 is 5.20. The van der Waals surface area contributed by atoms with Gasteiger partial charge in [-0.1, -0.05) is 26.7 Å². The van der Waals surface area contributed by atoms with Crippen molar-refractivity contribution in [3.05, 3.63) is 0 Å². The summed E-state index contributed by atoms with van der Waals surface area (Å²) in [6.07, 6.45) is 7.10. The first-order chi connectivity index (χ1) is 8.26. The Kier molecular flexibility index (Phi) is 7.25. The molecule has 0 aromatic heterocycles. The molecule has 100 valence electrons. The van der Waals surface area contributed by atoms with Gasteiger partial charge in [0.15, 0.2) is 0 Å². The highest BCUT2D eigenvalue weighted by Crippen LogP contribution is 2.19. The van der Waals surface area contributed by atoms with E-state index in [1.54, 1.807) is 0 Å². The molecule has 1 saturated heterocycles. The minimum absolute atomic E-state index is 0.0478. The van der Waals surface area contributed by atoms with Crippen LogP contribution in [0.25, 0.3) is 0 Å². The molecule has 0 aromatic carbocycles. The van der Waals surface area contributed by atoms with Crippen molar-refractivity contribution in [3.8, 4) is 0 Å². The van der Waals surface area contributed by atoms with Crippen LogP contribution < -0.4 is 0 Å². The molecule has 1 heterocycles. The van der Waals surface area contributed by atoms with Crippen molar-refractivity contribution in [1.82, 2.24) is 4.90 Å². The van der Waals surface area contributed by atoms with Gasteiger partial charge < -0.3 is 4.74 Å². The minimum atomic E-state index is -0.0478. The van der Waals surface area contributed by atoms with Crippen LogP contribution in [0.1, 0.15) is 52.4 Å². The van der Waals surface area contributed by atoms with Crippen LogP contribution in [0.4, 0.5) is 0 Å². The van der Waals surface area contributed by atoms with Crippen molar-refractivity contribution in [1.29, 1.82) is 0 Å². The number of carbonyl (C=O) groups is 1. The molecule has 0 saturated carbocycles. The van der Waals surface area contributed by atoms with Gasteiger partial charge in [0.05, 0.1) is 13.2 Å². The van der Waals surface area contributed by atoms with E-state index < -0.39 is 0 Å². The molecule has 1 fully saturated rings. The maximum absolute atomic E-state index is 11.6. The van der Waals surface area contributed by atoms with Crippen molar-refractivity contribution in [2.75, 3.05) is 26.2 Å². The monoisotopic (exact) mass is 241 g/mol. The number of esters is 1. The second-order valence-corrected chi connectivity index (χ2v) is 5.06. The van der Waals surface area contributed by atoms with Crippen molar-refractivity contribution in [2.45, 2.75) is 52.4 Å². The van der Waals surface area contributed by atoms with Crippen molar-refractivity contribution in [2.24, 2.45) is 5.92 Å². The van der Waals surface area contributed by atoms with Crippen molar-refractivity contribution in [3.63, 3.8) is 0 Å². The SMILES string of the molecule is CCCCOC(=O)CN1CCCC(CC)CC1. The highest BCUT2D eigenvalue weighted by Gasteiger charge is 2.17. The Morgan fingerprint density at radius 1 is 1.29 bits per heavy atom. The lowest BCUT2D eigenvalue weighted by Gasteiger charge is -2.18. The fraction of sp³-hybridized carbons (Fsp3) is 0.929. The Hall–Kier alpha value is -0.570. The molecule has 1 atom stereocenters. The van der Waals surface area contributed by atoms with Crippen LogP contribution in [-0.2, 0) is 9.53 Å². The number of nitrogens with zero attached hydrogens (tertiary/aromatic N) is 1. The van der Waals surface area contributed by atoms with Crippen molar-refractivity contribution >= 4 is 5.97 Å². The zero-order valence-corrected chi connectivity index (χ0v) is 11.4. The van der Waals surface area contributed by atoms with Crippen LogP contribution in [0.15, 0.2) is 0 Å². The Balaban J connectivity index is 2.19. The highest BCUT2D eigenvalue weighted by atomic mass is 16.5. The van der Waals surface area contributed by atoms with Gasteiger partial charge >= 0.3 is 5.97 Å². The molecule has 1 rings (SSSR count). The Morgan fingerprint density at radius 2 is 2.12 bits per heavy atom. The van der Waals surface area contributed by atoms with Crippen LogP contribution in [0.2, 0.25) is 0 Å². The van der Waals surface area contributed by atoms with E-state index in [1.807, 2.05) is 0 Å². The summed E-state index contributed by atoms with van der Waals surface area (Å²) in [6, 6.07) is 0. The van der Waals surface area contributed by atoms with Gasteiger partial charge in [-0.05, 0) is 44.7 Å². The van der Waals surface area contributed by atoms with E-state index in [2.05, 4.69) is 18.7 Å². The maximum Gasteiger partial charge on any atom is 0.320 e. The van der Waals surface area contributed by atoms with Crippen LogP contribution in [0.3, 0.4) is 0 Å². The number of hydrogen-bond acceptors (Lipinski definition) is 3. The van der Waals surface area contributed by atoms with E-state index in [-0.39, 0.29) is 5.97 Å². The second-order valence-electron chi connectivity index (χ2n) is 5.06. The number of hydrogen-bond donors (Lipinski definition) is 0. The zero-order valence-electron chi connectivity index (χ0n) is 11.4. The second kappa shape index (κ2) is 8.51. The van der Waals surface area contributed by atoms with E-state index in [9.17, 15) is 4.79 Å². The molecule has 1 unspecified atom stereocenters. The van der Waals surface area contributed by atoms with Crippen LogP contribution in [-0.4, -0.2) is 37.1 Å². The van der Waals surface area contributed by atoms with Gasteiger partial charge in [0.1, 0.15) is 0 Å². The van der Waals surface area contributed by atoms with Crippen molar-refractivity contribution < 1.29 is 9.53 Å². The van der Waals surface area contributed by atoms with Crippen LogP contribution in [0, 0.1) is 5.92 Å². The molecule has 17 heavy (non-hydrogen) atoms. The molecule has 0 aliphatic carbocycles. The molecule has 1 aliphatic heterocycles. The first-order valence-electron chi connectivity index (χ1n) is 7.14. The number of carbonyl (C=O) groups excluding carboxylic acids is 1. The molecule has 3 nitrogen and oxygen atoms in total. The molecule has 0 bridgehead atoms. The third-order valence-corrected chi connectivity index (χ3v) is 3.63. The Bertz CT molecular complexity index is 218. The summed E-state index contributed by atoms with van der Waals surface area (Å²) in [5.74, 6) is 0.810. The Morgan fingerprint density at radius 3 is 2.82 bits per heavy atom. The number of likely N-dealkylation sites (tertiary alicyclic amines) is 1. The molecule has 0 amide bonds. The first-order valence-corrected chi connectivity index (χ1v) is 7.14. The normalized spacial score (nSPS) is 22.1. The fourth-order valence-corrected chi connectivity index (χ4v) is 2.35. The van der Waals surface area contributed by atoms with Crippen LogP contribution >= 0.6 is 0 Å². The van der Waals surface area contributed by atoms with Gasteiger partial charge in [-0.15, -0.1) is 0 Å². The molecule has 0 radical (unpaired) electrons. The van der Waals surface area contributed by atoms with Gasteiger partial charge in [0.25, 0.3) is 0 Å². The summed E-state index contributed by atoms with van der Waals surface area (Å²) >= 11 is 0. The number of ether oxygens (including phenoxy) is 1. The fourth-order valence-electron chi connectivity index (χ4n) is 2.35. The lowest BCUT2D eigenvalue weighted by Crippen LogP contribution is -2.32. The summed E-state index contributed by atoms with van der Waals surface area (Å²) in [5.41, 5.74) is 0. The molecular weight excluding hydrogens is 214 g/mol. The zero-order chi connectivity index (χ0) is 12.5. The van der Waals surface area contributed by atoms with Gasteiger partial charge in [-0.2, -0.15) is 0 Å². The Labute approximate surface area is 106 Å². The van der Waals surface area contributed by atoms with Gasteiger partial charge in [-0.25, -0.2) is 0 Å². The van der Waals surface area contributed by atoms with Crippen LogP contribution in [0.5, 0.6) is 0 Å². The van der Waals surface area contributed by atoms with E-state index in [1.165, 1.54) is 25.7 Å². The lowest BCUT2D eigenvalue weighted by atomic mass is 9.98. The van der Waals surface area contributed by atoms with E-state index in [4.69, 9.17) is 4.74 Å². The summed E-state index contributed by atoms with van der Waals surface area (Å²) in [5, 5.41) is 0. The minimum Gasteiger partial charge on any atom is -0.465 e. The third-order valence-electron chi connectivity index (χ3n) is 3.63. The quantitative estimate of drug-likeness (QED) is 0.529. The topological polar surface area (TPSA) is 29.5 Å². The van der Waals surface area contributed by atoms with E-state index in [0.717, 1.165) is 31.8 Å². The predicted molar refractivity (Wildman–Crippen MR) is 69.9 cm³/mol. The largest absolute Gasteiger partial charge is 0.465 e. The summed E-state index contributed by atoms with van der Waals surface area (Å²) in [4.78, 5) is 13.8. The first kappa shape index (κ1) is 14.5. The molecule has 3 heteroatoms. The van der Waals surface area contributed by atoms with Gasteiger partial charge in [0.2, 0.25) is 0 Å². The van der Waals surface area contributed by atoms with E-state index >= 15 is 0 Å². The number of rotatable bonds is 6. The molecule has 0 spiro atoms. The highest BCUT2D eigenvalue weighted by molar-refractivity contribution is 5.71. The number of unbranched alkanes of at least 4 members (excludes halogenated alkanes) is 1. The summed E-state index contributed by atoms with van der Waals surface area (Å²) in [6.45, 7) is 7.55. The maximum atomic E-state index is 11.6. The predicted octanol–water partition coefficient (Wildman–Crippen LogP) is 2.84. The van der Waals surface area contributed by atoms with E-state index in [0.29, 0.717) is 13.2 Å². The smallest absolute Gasteiger partial charge is 0.320 e. The third kappa shape index (κ3) is 6.06. The van der Waals surface area contributed by atoms with Gasteiger partial charge in [-0.3, -0.25) is 9.69 Å². The summed E-state index contributed by atoms with van der Waals surface area (Å²) in [7, 11) is 0. The van der Waals surface area contributed by atoms with Gasteiger partial charge in [0, 0.05) is 0 Å². The average Bonchev–Trinajstić information content (AvgIpc) is 2.54.